The molecule has 0 saturated heterocycles. The Labute approximate surface area is 161 Å². The second kappa shape index (κ2) is 8.43. The topological polar surface area (TPSA) is 84.5 Å². The highest BCUT2D eigenvalue weighted by Crippen LogP contribution is 2.21. The Bertz CT molecular complexity index is 906. The molecule has 0 aliphatic heterocycles. The molecule has 0 fully saturated rings. The largest absolute Gasteiger partial charge is 0.497 e. The summed E-state index contributed by atoms with van der Waals surface area (Å²) in [5.74, 6) is 0.625. The molecular formula is C20H26N2O4S. The Kier molecular flexibility index (Phi) is 6.49. The summed E-state index contributed by atoms with van der Waals surface area (Å²) in [5, 5.41) is 2.91. The van der Waals surface area contributed by atoms with Crippen LogP contribution in [-0.2, 0) is 10.0 Å². The first-order chi connectivity index (χ1) is 12.6. The van der Waals surface area contributed by atoms with E-state index in [9.17, 15) is 13.2 Å². The van der Waals surface area contributed by atoms with Gasteiger partial charge < -0.3 is 10.1 Å². The second-order valence-electron chi connectivity index (χ2n) is 6.82. The molecule has 0 aliphatic rings. The van der Waals surface area contributed by atoms with Crippen molar-refractivity contribution >= 4 is 21.6 Å². The van der Waals surface area contributed by atoms with Gasteiger partial charge in [-0.05, 0) is 61.7 Å². The van der Waals surface area contributed by atoms with E-state index in [2.05, 4.69) is 10.0 Å². The van der Waals surface area contributed by atoms with Crippen LogP contribution < -0.4 is 14.8 Å². The third-order valence-electron chi connectivity index (χ3n) is 4.46. The van der Waals surface area contributed by atoms with Crippen molar-refractivity contribution in [3.63, 3.8) is 0 Å². The van der Waals surface area contributed by atoms with E-state index in [4.69, 9.17) is 4.74 Å². The van der Waals surface area contributed by atoms with E-state index in [1.807, 2.05) is 20.8 Å². The number of amides is 1. The van der Waals surface area contributed by atoms with Crippen molar-refractivity contribution in [2.45, 2.75) is 38.6 Å². The number of sulfonamides is 1. The summed E-state index contributed by atoms with van der Waals surface area (Å²) in [6.07, 6.45) is 0. The maximum absolute atomic E-state index is 12.7. The van der Waals surface area contributed by atoms with Gasteiger partial charge in [0.25, 0.3) is 15.9 Å². The fourth-order valence-corrected chi connectivity index (χ4v) is 3.42. The highest BCUT2D eigenvalue weighted by molar-refractivity contribution is 7.92. The van der Waals surface area contributed by atoms with E-state index in [1.54, 1.807) is 37.3 Å². The lowest BCUT2D eigenvalue weighted by atomic mass is 10.0. The maximum atomic E-state index is 12.7. The summed E-state index contributed by atoms with van der Waals surface area (Å²) in [7, 11) is -2.28. The SMILES string of the molecule is COc1ccc(NS(=O)(=O)c2ccc(C)c(C(=O)NC(C)C(C)C)c2)cc1. The number of carbonyl (C=O) groups is 1. The third kappa shape index (κ3) is 5.23. The highest BCUT2D eigenvalue weighted by atomic mass is 32.2. The van der Waals surface area contributed by atoms with Crippen LogP contribution in [0.5, 0.6) is 5.75 Å². The molecule has 27 heavy (non-hydrogen) atoms. The number of carbonyl (C=O) groups excluding carboxylic acids is 1. The monoisotopic (exact) mass is 390 g/mol. The molecule has 2 rings (SSSR count). The Morgan fingerprint density at radius 1 is 1.04 bits per heavy atom. The number of hydrogen-bond acceptors (Lipinski definition) is 4. The Morgan fingerprint density at radius 3 is 2.22 bits per heavy atom. The number of methoxy groups -OCH3 is 1. The van der Waals surface area contributed by atoms with Gasteiger partial charge in [-0.3, -0.25) is 9.52 Å². The van der Waals surface area contributed by atoms with E-state index in [-0.39, 0.29) is 22.8 Å². The molecule has 2 N–H and O–H groups in total. The number of rotatable bonds is 7. The van der Waals surface area contributed by atoms with Crippen LogP contribution in [-0.4, -0.2) is 27.5 Å². The summed E-state index contributed by atoms with van der Waals surface area (Å²) in [4.78, 5) is 12.6. The van der Waals surface area contributed by atoms with Crippen molar-refractivity contribution in [2.75, 3.05) is 11.8 Å². The van der Waals surface area contributed by atoms with Crippen molar-refractivity contribution in [3.05, 3.63) is 53.6 Å². The summed E-state index contributed by atoms with van der Waals surface area (Å²) in [5.41, 5.74) is 1.47. The van der Waals surface area contributed by atoms with E-state index in [0.717, 1.165) is 0 Å². The predicted molar refractivity (Wildman–Crippen MR) is 107 cm³/mol. The van der Waals surface area contributed by atoms with E-state index in [0.29, 0.717) is 22.6 Å². The van der Waals surface area contributed by atoms with Crippen LogP contribution in [0.15, 0.2) is 47.4 Å². The average Bonchev–Trinajstić information content (AvgIpc) is 2.62. The van der Waals surface area contributed by atoms with Gasteiger partial charge in [-0.25, -0.2) is 8.42 Å². The number of anilines is 1. The van der Waals surface area contributed by atoms with E-state index >= 15 is 0 Å². The Morgan fingerprint density at radius 2 is 1.67 bits per heavy atom. The van der Waals surface area contributed by atoms with Crippen molar-refractivity contribution in [2.24, 2.45) is 5.92 Å². The van der Waals surface area contributed by atoms with E-state index in [1.165, 1.54) is 19.2 Å². The van der Waals surface area contributed by atoms with Crippen molar-refractivity contribution in [1.29, 1.82) is 0 Å². The molecule has 1 atom stereocenters. The van der Waals surface area contributed by atoms with Crippen molar-refractivity contribution < 1.29 is 17.9 Å². The van der Waals surface area contributed by atoms with Crippen LogP contribution in [0.4, 0.5) is 5.69 Å². The van der Waals surface area contributed by atoms with Gasteiger partial charge >= 0.3 is 0 Å². The standard InChI is InChI=1S/C20H26N2O4S/c1-13(2)15(4)21-20(23)19-12-18(11-6-14(19)3)27(24,25)22-16-7-9-17(26-5)10-8-16/h6-13,15,22H,1-5H3,(H,21,23). The average molecular weight is 391 g/mol. The first-order valence-corrected chi connectivity index (χ1v) is 10.2. The number of hydrogen-bond donors (Lipinski definition) is 2. The van der Waals surface area contributed by atoms with Gasteiger partial charge in [-0.15, -0.1) is 0 Å². The molecule has 0 heterocycles. The molecule has 146 valence electrons. The quantitative estimate of drug-likeness (QED) is 0.757. The minimum Gasteiger partial charge on any atom is -0.497 e. The molecule has 2 aromatic rings. The maximum Gasteiger partial charge on any atom is 0.261 e. The minimum absolute atomic E-state index is 0.0189. The fourth-order valence-electron chi connectivity index (χ4n) is 2.34. The lowest BCUT2D eigenvalue weighted by Gasteiger charge is -2.18. The second-order valence-corrected chi connectivity index (χ2v) is 8.50. The lowest BCUT2D eigenvalue weighted by molar-refractivity contribution is 0.0929. The first kappa shape index (κ1) is 20.8. The van der Waals surface area contributed by atoms with Crippen molar-refractivity contribution in [3.8, 4) is 5.75 Å². The van der Waals surface area contributed by atoms with Crippen molar-refractivity contribution in [1.82, 2.24) is 5.32 Å². The molecule has 0 aliphatic carbocycles. The van der Waals surface area contributed by atoms with Gasteiger partial charge in [0.05, 0.1) is 12.0 Å². The predicted octanol–water partition coefficient (Wildman–Crippen LogP) is 3.58. The minimum atomic E-state index is -3.82. The van der Waals surface area contributed by atoms with Crippen LogP contribution in [0.25, 0.3) is 0 Å². The zero-order valence-electron chi connectivity index (χ0n) is 16.2. The van der Waals surface area contributed by atoms with Gasteiger partial charge in [-0.2, -0.15) is 0 Å². The summed E-state index contributed by atoms with van der Waals surface area (Å²) >= 11 is 0. The molecule has 0 saturated carbocycles. The number of nitrogens with one attached hydrogen (secondary N) is 2. The zero-order valence-corrected chi connectivity index (χ0v) is 17.1. The summed E-state index contributed by atoms with van der Waals surface area (Å²) < 4.78 is 33.0. The van der Waals surface area contributed by atoms with Gasteiger partial charge in [0.1, 0.15) is 5.75 Å². The van der Waals surface area contributed by atoms with Crippen LogP contribution in [0.2, 0.25) is 0 Å². The van der Waals surface area contributed by atoms with Gasteiger partial charge in [0.2, 0.25) is 0 Å². The molecule has 0 radical (unpaired) electrons. The smallest absolute Gasteiger partial charge is 0.261 e. The van der Waals surface area contributed by atoms with Gasteiger partial charge in [0, 0.05) is 17.3 Å². The summed E-state index contributed by atoms with van der Waals surface area (Å²) in [6.45, 7) is 7.72. The number of aryl methyl sites for hydroxylation is 1. The molecule has 1 unspecified atom stereocenters. The molecular weight excluding hydrogens is 364 g/mol. The van der Waals surface area contributed by atoms with Crippen LogP contribution in [0.3, 0.4) is 0 Å². The molecule has 0 bridgehead atoms. The zero-order chi connectivity index (χ0) is 20.2. The third-order valence-corrected chi connectivity index (χ3v) is 5.84. The molecule has 0 aromatic heterocycles. The van der Waals surface area contributed by atoms with Gasteiger partial charge in [0.15, 0.2) is 0 Å². The molecule has 0 spiro atoms. The van der Waals surface area contributed by atoms with Gasteiger partial charge in [-0.1, -0.05) is 19.9 Å². The molecule has 7 heteroatoms. The Hall–Kier alpha value is -2.54. The summed E-state index contributed by atoms with van der Waals surface area (Å²) in [6, 6.07) is 11.1. The first-order valence-electron chi connectivity index (χ1n) is 8.72. The molecule has 2 aromatic carbocycles. The normalized spacial score (nSPS) is 12.5. The van der Waals surface area contributed by atoms with Crippen LogP contribution in [0, 0.1) is 12.8 Å². The molecule has 6 nitrogen and oxygen atoms in total. The fraction of sp³-hybridized carbons (Fsp3) is 0.350. The number of benzene rings is 2. The number of ether oxygens (including phenoxy) is 1. The highest BCUT2D eigenvalue weighted by Gasteiger charge is 2.20. The van der Waals surface area contributed by atoms with Crippen LogP contribution in [0.1, 0.15) is 36.7 Å². The molecule has 1 amide bonds. The lowest BCUT2D eigenvalue weighted by Crippen LogP contribution is -2.36. The Balaban J connectivity index is 2.27. The van der Waals surface area contributed by atoms with E-state index < -0.39 is 10.0 Å². The van der Waals surface area contributed by atoms with Crippen LogP contribution >= 0.6 is 0 Å².